The number of carbonyl (C=O) groups is 1. The molecule has 0 spiro atoms. The summed E-state index contributed by atoms with van der Waals surface area (Å²) >= 11 is 0. The number of nitrogens with zero attached hydrogens (tertiary/aromatic N) is 4. The Bertz CT molecular complexity index is 712. The Morgan fingerprint density at radius 2 is 1.72 bits per heavy atom. The fraction of sp³-hybridized carbons (Fsp3) is 0.714. The molecular weight excluding hydrogens is 381 g/mol. The van der Waals surface area contributed by atoms with E-state index in [0.717, 1.165) is 38.7 Å². The highest BCUT2D eigenvalue weighted by Crippen LogP contribution is 2.36. The number of aromatic nitrogens is 1. The number of hydrogen-bond donors (Lipinski definition) is 0. The van der Waals surface area contributed by atoms with E-state index in [1.54, 1.807) is 4.90 Å². The van der Waals surface area contributed by atoms with Gasteiger partial charge >= 0.3 is 6.18 Å². The molecule has 3 fully saturated rings. The molecule has 1 amide bonds. The molecule has 4 rings (SSSR count). The summed E-state index contributed by atoms with van der Waals surface area (Å²) < 4.78 is 40.1. The van der Waals surface area contributed by atoms with Gasteiger partial charge in [0, 0.05) is 51.5 Å². The zero-order valence-corrected chi connectivity index (χ0v) is 16.7. The highest BCUT2D eigenvalue weighted by Gasteiger charge is 2.38. The standard InChI is InChI=1S/C21H29F3N4O/c22-21(23,24)18-8-3-9-25-19(18)28-10-4-5-16(15-28)20(29)27-13-11-26(12-14-27)17-6-1-2-7-17/h3,8-9,16-17H,1-2,4-7,10-15H2. The predicted molar refractivity (Wildman–Crippen MR) is 105 cm³/mol. The Morgan fingerprint density at radius 3 is 2.41 bits per heavy atom. The molecule has 1 aromatic heterocycles. The van der Waals surface area contributed by atoms with Gasteiger partial charge in [0.2, 0.25) is 5.91 Å². The molecule has 0 bridgehead atoms. The van der Waals surface area contributed by atoms with Crippen LogP contribution >= 0.6 is 0 Å². The molecule has 8 heteroatoms. The van der Waals surface area contributed by atoms with Crippen LogP contribution in [0.3, 0.4) is 0 Å². The molecule has 29 heavy (non-hydrogen) atoms. The van der Waals surface area contributed by atoms with Crippen molar-refractivity contribution in [1.82, 2.24) is 14.8 Å². The van der Waals surface area contributed by atoms with Gasteiger partial charge < -0.3 is 9.80 Å². The van der Waals surface area contributed by atoms with Gasteiger partial charge in [-0.3, -0.25) is 9.69 Å². The van der Waals surface area contributed by atoms with Crippen LogP contribution in [0.25, 0.3) is 0 Å². The maximum atomic E-state index is 13.4. The normalized spacial score (nSPS) is 24.9. The first-order valence-electron chi connectivity index (χ1n) is 10.7. The van der Waals surface area contributed by atoms with Gasteiger partial charge in [-0.25, -0.2) is 4.98 Å². The van der Waals surface area contributed by atoms with Crippen molar-refractivity contribution in [3.8, 4) is 0 Å². The minimum atomic E-state index is -4.45. The Hall–Kier alpha value is -1.83. The third-order valence-electron chi connectivity index (χ3n) is 6.63. The number of carbonyl (C=O) groups excluding carboxylic acids is 1. The fourth-order valence-electron chi connectivity index (χ4n) is 5.08. The summed E-state index contributed by atoms with van der Waals surface area (Å²) in [6.07, 6.45) is 3.49. The largest absolute Gasteiger partial charge is 0.419 e. The molecular formula is C21H29F3N4O. The minimum Gasteiger partial charge on any atom is -0.355 e. The van der Waals surface area contributed by atoms with E-state index < -0.39 is 11.7 Å². The first-order valence-corrected chi connectivity index (χ1v) is 10.7. The third kappa shape index (κ3) is 4.52. The second-order valence-corrected chi connectivity index (χ2v) is 8.46. The van der Waals surface area contributed by atoms with E-state index in [1.165, 1.54) is 37.9 Å². The molecule has 2 saturated heterocycles. The molecule has 0 radical (unpaired) electrons. The summed E-state index contributed by atoms with van der Waals surface area (Å²) in [4.78, 5) is 23.2. The quantitative estimate of drug-likeness (QED) is 0.766. The Labute approximate surface area is 169 Å². The van der Waals surface area contributed by atoms with Crippen molar-refractivity contribution in [2.24, 2.45) is 5.92 Å². The van der Waals surface area contributed by atoms with E-state index in [1.807, 2.05) is 4.90 Å². The lowest BCUT2D eigenvalue weighted by atomic mass is 9.95. The van der Waals surface area contributed by atoms with Crippen molar-refractivity contribution in [3.63, 3.8) is 0 Å². The molecule has 1 atom stereocenters. The molecule has 1 aliphatic carbocycles. The minimum absolute atomic E-state index is 0.0523. The van der Waals surface area contributed by atoms with Crippen LogP contribution in [0.2, 0.25) is 0 Å². The summed E-state index contributed by atoms with van der Waals surface area (Å²) in [5.74, 6) is -0.223. The Morgan fingerprint density at radius 1 is 1.00 bits per heavy atom. The number of halogens is 3. The van der Waals surface area contributed by atoms with E-state index >= 15 is 0 Å². The molecule has 0 N–H and O–H groups in total. The summed E-state index contributed by atoms with van der Waals surface area (Å²) in [7, 11) is 0. The highest BCUT2D eigenvalue weighted by atomic mass is 19.4. The van der Waals surface area contributed by atoms with E-state index in [2.05, 4.69) is 9.88 Å². The zero-order chi connectivity index (χ0) is 20.4. The molecule has 2 aliphatic heterocycles. The predicted octanol–water partition coefficient (Wildman–Crippen LogP) is 3.40. The Balaban J connectivity index is 1.38. The van der Waals surface area contributed by atoms with Gasteiger partial charge in [0.1, 0.15) is 5.82 Å². The summed E-state index contributed by atoms with van der Waals surface area (Å²) in [6.45, 7) is 4.07. The fourth-order valence-corrected chi connectivity index (χ4v) is 5.08. The van der Waals surface area contributed by atoms with Gasteiger partial charge in [-0.05, 0) is 37.8 Å². The molecule has 1 aromatic rings. The van der Waals surface area contributed by atoms with Crippen molar-refractivity contribution in [2.75, 3.05) is 44.2 Å². The first-order chi connectivity index (χ1) is 13.9. The summed E-state index contributed by atoms with van der Waals surface area (Å²) in [6, 6.07) is 3.04. The van der Waals surface area contributed by atoms with E-state index in [4.69, 9.17) is 0 Å². The topological polar surface area (TPSA) is 39.7 Å². The SMILES string of the molecule is O=C(C1CCCN(c2ncccc2C(F)(F)F)C1)N1CCN(C2CCCC2)CC1. The second kappa shape index (κ2) is 8.50. The van der Waals surface area contributed by atoms with Crippen LogP contribution in [0, 0.1) is 5.92 Å². The summed E-state index contributed by atoms with van der Waals surface area (Å²) in [5, 5.41) is 0. The van der Waals surface area contributed by atoms with Crippen molar-refractivity contribution in [1.29, 1.82) is 0 Å². The third-order valence-corrected chi connectivity index (χ3v) is 6.63. The van der Waals surface area contributed by atoms with Gasteiger partial charge in [-0.1, -0.05) is 12.8 Å². The zero-order valence-electron chi connectivity index (χ0n) is 16.7. The number of rotatable bonds is 3. The van der Waals surface area contributed by atoms with Crippen LogP contribution in [-0.2, 0) is 11.0 Å². The maximum absolute atomic E-state index is 13.4. The number of anilines is 1. The highest BCUT2D eigenvalue weighted by molar-refractivity contribution is 5.80. The molecule has 1 saturated carbocycles. The number of piperidine rings is 1. The summed E-state index contributed by atoms with van der Waals surface area (Å²) in [5.41, 5.74) is -0.724. The average Bonchev–Trinajstić information content (AvgIpc) is 3.28. The van der Waals surface area contributed by atoms with Crippen molar-refractivity contribution >= 4 is 11.7 Å². The molecule has 3 heterocycles. The average molecular weight is 410 g/mol. The molecule has 0 aromatic carbocycles. The monoisotopic (exact) mass is 410 g/mol. The van der Waals surface area contributed by atoms with Gasteiger partial charge in [0.25, 0.3) is 0 Å². The van der Waals surface area contributed by atoms with Crippen LogP contribution in [0.4, 0.5) is 19.0 Å². The number of hydrogen-bond acceptors (Lipinski definition) is 4. The van der Waals surface area contributed by atoms with E-state index in [-0.39, 0.29) is 17.6 Å². The lowest BCUT2D eigenvalue weighted by Crippen LogP contribution is -2.54. The molecule has 160 valence electrons. The maximum Gasteiger partial charge on any atom is 0.419 e. The number of alkyl halides is 3. The lowest BCUT2D eigenvalue weighted by Gasteiger charge is -2.41. The number of pyridine rings is 1. The van der Waals surface area contributed by atoms with Crippen LogP contribution in [0.15, 0.2) is 18.3 Å². The number of piperazine rings is 1. The van der Waals surface area contributed by atoms with E-state index in [0.29, 0.717) is 25.6 Å². The van der Waals surface area contributed by atoms with Crippen LogP contribution in [-0.4, -0.2) is 66.0 Å². The van der Waals surface area contributed by atoms with Crippen LogP contribution in [0.1, 0.15) is 44.1 Å². The van der Waals surface area contributed by atoms with Crippen LogP contribution < -0.4 is 4.90 Å². The van der Waals surface area contributed by atoms with Crippen LogP contribution in [0.5, 0.6) is 0 Å². The van der Waals surface area contributed by atoms with Crippen molar-refractivity contribution in [3.05, 3.63) is 23.9 Å². The van der Waals surface area contributed by atoms with Gasteiger partial charge in [0.05, 0.1) is 11.5 Å². The smallest absolute Gasteiger partial charge is 0.355 e. The molecule has 1 unspecified atom stereocenters. The molecule has 3 aliphatic rings. The van der Waals surface area contributed by atoms with Crippen molar-refractivity contribution in [2.45, 2.75) is 50.7 Å². The van der Waals surface area contributed by atoms with Gasteiger partial charge in [-0.2, -0.15) is 13.2 Å². The second-order valence-electron chi connectivity index (χ2n) is 8.46. The van der Waals surface area contributed by atoms with Crippen molar-refractivity contribution < 1.29 is 18.0 Å². The lowest BCUT2D eigenvalue weighted by molar-refractivity contribution is -0.137. The first kappa shape index (κ1) is 20.4. The van der Waals surface area contributed by atoms with Gasteiger partial charge in [-0.15, -0.1) is 0 Å². The molecule has 5 nitrogen and oxygen atoms in total. The van der Waals surface area contributed by atoms with Gasteiger partial charge in [0.15, 0.2) is 0 Å². The van der Waals surface area contributed by atoms with E-state index in [9.17, 15) is 18.0 Å². The Kier molecular flexibility index (Phi) is 5.99. The number of amides is 1.